The summed E-state index contributed by atoms with van der Waals surface area (Å²) >= 11 is 0. The number of rotatable bonds is 8. The molecule has 1 heterocycles. The van der Waals surface area contributed by atoms with Crippen LogP contribution in [-0.4, -0.2) is 24.2 Å². The molecule has 28 heavy (non-hydrogen) atoms. The van der Waals surface area contributed by atoms with Crippen LogP contribution in [0, 0.1) is 0 Å². The molecule has 0 aliphatic heterocycles. The van der Waals surface area contributed by atoms with Gasteiger partial charge in [0, 0.05) is 17.1 Å². The van der Waals surface area contributed by atoms with Gasteiger partial charge in [0.25, 0.3) is 0 Å². The molecule has 0 bridgehead atoms. The van der Waals surface area contributed by atoms with E-state index in [0.717, 1.165) is 28.6 Å². The standard InChI is InChI=1S/C23H23N3O2/c1-5-7-16(6-2)12-17-8-10-18(11-9-17)26-23-19-13-21(27-3)22(28-4)14-20(19)24-15-25-23/h5-11,13-15H,1-2,12H2,3-4H3,(H,24,25,26)/b16-7+. The van der Waals surface area contributed by atoms with Crippen molar-refractivity contribution in [2.75, 3.05) is 19.5 Å². The second kappa shape index (κ2) is 8.86. The number of hydrogen-bond acceptors (Lipinski definition) is 5. The number of benzene rings is 2. The van der Waals surface area contributed by atoms with Crippen LogP contribution >= 0.6 is 0 Å². The molecule has 0 spiro atoms. The summed E-state index contributed by atoms with van der Waals surface area (Å²) in [6, 6.07) is 11.9. The Hall–Kier alpha value is -3.60. The molecule has 0 amide bonds. The van der Waals surface area contributed by atoms with E-state index < -0.39 is 0 Å². The summed E-state index contributed by atoms with van der Waals surface area (Å²) in [5.74, 6) is 1.97. The Labute approximate surface area is 165 Å². The maximum atomic E-state index is 5.40. The molecule has 1 aromatic heterocycles. The van der Waals surface area contributed by atoms with Crippen molar-refractivity contribution in [3.8, 4) is 11.5 Å². The molecule has 5 heteroatoms. The largest absolute Gasteiger partial charge is 0.493 e. The Balaban J connectivity index is 1.87. The first-order valence-electron chi connectivity index (χ1n) is 8.85. The minimum absolute atomic E-state index is 0.633. The molecule has 3 aromatic rings. The highest BCUT2D eigenvalue weighted by atomic mass is 16.5. The van der Waals surface area contributed by atoms with Crippen LogP contribution in [0.1, 0.15) is 5.56 Å². The highest BCUT2D eigenvalue weighted by Gasteiger charge is 2.11. The van der Waals surface area contributed by atoms with Gasteiger partial charge in [0.15, 0.2) is 11.5 Å². The van der Waals surface area contributed by atoms with Gasteiger partial charge in [-0.25, -0.2) is 9.97 Å². The second-order valence-electron chi connectivity index (χ2n) is 6.13. The molecule has 3 rings (SSSR count). The van der Waals surface area contributed by atoms with Gasteiger partial charge in [-0.1, -0.05) is 43.5 Å². The van der Waals surface area contributed by atoms with Gasteiger partial charge >= 0.3 is 0 Å². The predicted octanol–water partition coefficient (Wildman–Crippen LogP) is 5.23. The van der Waals surface area contributed by atoms with E-state index in [1.165, 1.54) is 11.9 Å². The van der Waals surface area contributed by atoms with Crippen LogP contribution in [0.2, 0.25) is 0 Å². The van der Waals surface area contributed by atoms with Crippen molar-refractivity contribution >= 4 is 22.4 Å². The number of nitrogens with zero attached hydrogens (tertiary/aromatic N) is 2. The van der Waals surface area contributed by atoms with Crippen LogP contribution in [0.15, 0.2) is 79.7 Å². The number of ether oxygens (including phenoxy) is 2. The maximum absolute atomic E-state index is 5.40. The first-order valence-corrected chi connectivity index (χ1v) is 8.85. The molecule has 0 saturated heterocycles. The highest BCUT2D eigenvalue weighted by Crippen LogP contribution is 2.34. The second-order valence-corrected chi connectivity index (χ2v) is 6.13. The smallest absolute Gasteiger partial charge is 0.162 e. The average molecular weight is 373 g/mol. The summed E-state index contributed by atoms with van der Waals surface area (Å²) in [6.45, 7) is 7.58. The average Bonchev–Trinajstić information content (AvgIpc) is 2.74. The van der Waals surface area contributed by atoms with E-state index in [9.17, 15) is 0 Å². The third kappa shape index (κ3) is 4.20. The molecule has 0 atom stereocenters. The van der Waals surface area contributed by atoms with E-state index in [4.69, 9.17) is 9.47 Å². The van der Waals surface area contributed by atoms with Crippen molar-refractivity contribution < 1.29 is 9.47 Å². The SMILES string of the molecule is C=C/C=C(\C=C)Cc1ccc(Nc2ncnc3cc(OC)c(OC)cc23)cc1. The van der Waals surface area contributed by atoms with E-state index in [0.29, 0.717) is 17.3 Å². The lowest BCUT2D eigenvalue weighted by Gasteiger charge is -2.12. The maximum Gasteiger partial charge on any atom is 0.162 e. The zero-order chi connectivity index (χ0) is 19.9. The van der Waals surface area contributed by atoms with Gasteiger partial charge in [-0.2, -0.15) is 0 Å². The van der Waals surface area contributed by atoms with E-state index in [2.05, 4.69) is 40.6 Å². The van der Waals surface area contributed by atoms with Crippen LogP contribution in [0.25, 0.3) is 10.9 Å². The highest BCUT2D eigenvalue weighted by molar-refractivity contribution is 5.93. The van der Waals surface area contributed by atoms with Gasteiger partial charge in [0.2, 0.25) is 0 Å². The molecule has 0 aliphatic rings. The first-order chi connectivity index (χ1) is 13.7. The Morgan fingerprint density at radius 2 is 1.75 bits per heavy atom. The Morgan fingerprint density at radius 1 is 1.04 bits per heavy atom. The number of fused-ring (bicyclic) bond motifs is 1. The van der Waals surface area contributed by atoms with Crippen molar-refractivity contribution in [1.82, 2.24) is 9.97 Å². The normalized spacial score (nSPS) is 11.1. The van der Waals surface area contributed by atoms with Crippen molar-refractivity contribution in [3.63, 3.8) is 0 Å². The predicted molar refractivity (Wildman–Crippen MR) is 115 cm³/mol. The fraction of sp³-hybridized carbons (Fsp3) is 0.130. The van der Waals surface area contributed by atoms with Crippen molar-refractivity contribution in [2.45, 2.75) is 6.42 Å². The molecule has 142 valence electrons. The molecule has 2 aromatic carbocycles. The summed E-state index contributed by atoms with van der Waals surface area (Å²) in [7, 11) is 3.21. The van der Waals surface area contributed by atoms with Gasteiger partial charge < -0.3 is 14.8 Å². The number of methoxy groups -OCH3 is 2. The molecular weight excluding hydrogens is 350 g/mol. The minimum Gasteiger partial charge on any atom is -0.493 e. The van der Waals surface area contributed by atoms with E-state index in [-0.39, 0.29) is 0 Å². The van der Waals surface area contributed by atoms with E-state index >= 15 is 0 Å². The Morgan fingerprint density at radius 3 is 2.39 bits per heavy atom. The lowest BCUT2D eigenvalue weighted by Crippen LogP contribution is -1.98. The third-order valence-corrected chi connectivity index (χ3v) is 4.36. The Kier molecular flexibility index (Phi) is 6.07. The lowest BCUT2D eigenvalue weighted by atomic mass is 10.0. The number of hydrogen-bond donors (Lipinski definition) is 1. The zero-order valence-electron chi connectivity index (χ0n) is 16.1. The summed E-state index contributed by atoms with van der Waals surface area (Å²) < 4.78 is 10.8. The fourth-order valence-electron chi connectivity index (χ4n) is 2.91. The minimum atomic E-state index is 0.633. The molecule has 0 radical (unpaired) electrons. The lowest BCUT2D eigenvalue weighted by molar-refractivity contribution is 0.356. The fourth-order valence-corrected chi connectivity index (χ4v) is 2.91. The number of aromatic nitrogens is 2. The van der Waals surface area contributed by atoms with Gasteiger partial charge in [0.05, 0.1) is 19.7 Å². The van der Waals surface area contributed by atoms with Crippen LogP contribution in [0.3, 0.4) is 0 Å². The molecule has 1 N–H and O–H groups in total. The zero-order valence-corrected chi connectivity index (χ0v) is 16.1. The molecule has 0 unspecified atom stereocenters. The molecule has 5 nitrogen and oxygen atoms in total. The van der Waals surface area contributed by atoms with Gasteiger partial charge in [-0.3, -0.25) is 0 Å². The van der Waals surface area contributed by atoms with Crippen molar-refractivity contribution in [1.29, 1.82) is 0 Å². The van der Waals surface area contributed by atoms with Crippen LogP contribution < -0.4 is 14.8 Å². The summed E-state index contributed by atoms with van der Waals surface area (Å²) in [6.07, 6.45) is 7.93. The van der Waals surface area contributed by atoms with E-state index in [1.807, 2.05) is 36.4 Å². The van der Waals surface area contributed by atoms with Gasteiger partial charge in [0.1, 0.15) is 12.1 Å². The molecule has 0 aliphatic carbocycles. The molecule has 0 saturated carbocycles. The number of allylic oxidation sites excluding steroid dienone is 4. The topological polar surface area (TPSA) is 56.3 Å². The molecule has 0 fully saturated rings. The quantitative estimate of drug-likeness (QED) is 0.548. The summed E-state index contributed by atoms with van der Waals surface area (Å²) in [5.41, 5.74) is 4.03. The van der Waals surface area contributed by atoms with Crippen molar-refractivity contribution in [3.05, 3.63) is 85.2 Å². The number of anilines is 2. The van der Waals surface area contributed by atoms with Crippen LogP contribution in [0.4, 0.5) is 11.5 Å². The summed E-state index contributed by atoms with van der Waals surface area (Å²) in [4.78, 5) is 8.72. The van der Waals surface area contributed by atoms with Gasteiger partial charge in [-0.05, 0) is 35.8 Å². The summed E-state index contributed by atoms with van der Waals surface area (Å²) in [5, 5.41) is 4.21. The van der Waals surface area contributed by atoms with Crippen LogP contribution in [0.5, 0.6) is 11.5 Å². The van der Waals surface area contributed by atoms with E-state index in [1.54, 1.807) is 20.3 Å². The monoisotopic (exact) mass is 373 g/mol. The van der Waals surface area contributed by atoms with Gasteiger partial charge in [-0.15, -0.1) is 0 Å². The first kappa shape index (κ1) is 19.2. The number of nitrogens with one attached hydrogen (secondary N) is 1. The Bertz CT molecular complexity index is 1020. The molecular formula is C23H23N3O2. The third-order valence-electron chi connectivity index (χ3n) is 4.36. The van der Waals surface area contributed by atoms with Crippen molar-refractivity contribution in [2.24, 2.45) is 0 Å². The van der Waals surface area contributed by atoms with Crippen LogP contribution in [-0.2, 0) is 6.42 Å².